The summed E-state index contributed by atoms with van der Waals surface area (Å²) in [6.45, 7) is 4.25. The number of fused-ring (bicyclic) bond motifs is 1. The van der Waals surface area contributed by atoms with Gasteiger partial charge < -0.3 is 0 Å². The Morgan fingerprint density at radius 2 is 2.12 bits per heavy atom. The molecule has 0 saturated carbocycles. The van der Waals surface area contributed by atoms with Crippen LogP contribution in [-0.4, -0.2) is 4.98 Å². The van der Waals surface area contributed by atoms with Gasteiger partial charge in [0.1, 0.15) is 0 Å². The summed E-state index contributed by atoms with van der Waals surface area (Å²) in [6.07, 6.45) is 1.47. The fraction of sp³-hybridized carbons (Fsp3) is 0.333. The molecule has 0 aliphatic heterocycles. The Hall–Kier alpha value is -1.88. The molecule has 0 radical (unpaired) electrons. The number of aryl methyl sites for hydroxylation is 1. The van der Waals surface area contributed by atoms with E-state index in [9.17, 15) is 0 Å². The van der Waals surface area contributed by atoms with E-state index in [1.54, 1.807) is 0 Å². The van der Waals surface area contributed by atoms with Crippen LogP contribution in [0.1, 0.15) is 36.9 Å². The van der Waals surface area contributed by atoms with Gasteiger partial charge in [0.25, 0.3) is 0 Å². The highest BCUT2D eigenvalue weighted by atomic mass is 14.7. The average molecular weight is 224 g/mol. The van der Waals surface area contributed by atoms with E-state index in [0.29, 0.717) is 12.3 Å². The van der Waals surface area contributed by atoms with Gasteiger partial charge in [-0.2, -0.15) is 5.26 Å². The molecule has 17 heavy (non-hydrogen) atoms. The fourth-order valence-electron chi connectivity index (χ4n) is 2.06. The van der Waals surface area contributed by atoms with E-state index in [2.05, 4.69) is 37.0 Å². The van der Waals surface area contributed by atoms with Crippen molar-refractivity contribution in [3.05, 3.63) is 41.6 Å². The van der Waals surface area contributed by atoms with Crippen LogP contribution in [0.25, 0.3) is 10.9 Å². The summed E-state index contributed by atoms with van der Waals surface area (Å²) in [5, 5.41) is 9.83. The molecule has 2 nitrogen and oxygen atoms in total. The van der Waals surface area contributed by atoms with E-state index in [1.165, 1.54) is 10.9 Å². The molecule has 0 N–H and O–H groups in total. The number of aromatic nitrogens is 1. The molecule has 0 spiro atoms. The largest absolute Gasteiger partial charge is 0.253 e. The van der Waals surface area contributed by atoms with E-state index in [4.69, 9.17) is 5.26 Å². The average Bonchev–Trinajstić information content (AvgIpc) is 2.36. The molecule has 1 atom stereocenters. The lowest BCUT2D eigenvalue weighted by Crippen LogP contribution is -1.98. The molecule has 2 aromatic rings. The van der Waals surface area contributed by atoms with Crippen LogP contribution in [0.15, 0.2) is 30.3 Å². The second-order valence-corrected chi connectivity index (χ2v) is 4.48. The van der Waals surface area contributed by atoms with Gasteiger partial charge in [0.15, 0.2) is 0 Å². The predicted molar refractivity (Wildman–Crippen MR) is 69.7 cm³/mol. The lowest BCUT2D eigenvalue weighted by atomic mass is 9.98. The van der Waals surface area contributed by atoms with Gasteiger partial charge in [-0.05, 0) is 37.0 Å². The number of benzene rings is 1. The zero-order valence-electron chi connectivity index (χ0n) is 10.3. The second kappa shape index (κ2) is 4.97. The van der Waals surface area contributed by atoms with Crippen LogP contribution in [0.3, 0.4) is 0 Å². The molecule has 0 bridgehead atoms. The van der Waals surface area contributed by atoms with E-state index in [-0.39, 0.29) is 0 Å². The summed E-state index contributed by atoms with van der Waals surface area (Å²) in [6, 6.07) is 12.5. The second-order valence-electron chi connectivity index (χ2n) is 4.48. The summed E-state index contributed by atoms with van der Waals surface area (Å²) in [5.41, 5.74) is 3.40. The van der Waals surface area contributed by atoms with Gasteiger partial charge in [0, 0.05) is 17.5 Å². The number of nitriles is 1. The summed E-state index contributed by atoms with van der Waals surface area (Å²) >= 11 is 0. The van der Waals surface area contributed by atoms with Crippen LogP contribution in [0.2, 0.25) is 0 Å². The van der Waals surface area contributed by atoms with Gasteiger partial charge in [-0.1, -0.05) is 25.1 Å². The summed E-state index contributed by atoms with van der Waals surface area (Å²) in [4.78, 5) is 4.68. The Morgan fingerprint density at radius 3 is 2.88 bits per heavy atom. The Morgan fingerprint density at radius 1 is 1.35 bits per heavy atom. The molecule has 1 aromatic carbocycles. The van der Waals surface area contributed by atoms with Crippen molar-refractivity contribution in [2.45, 2.75) is 32.6 Å². The SMILES string of the molecule is Cc1cc(C(C)CCC#N)nc2ccccc12. The zero-order chi connectivity index (χ0) is 12.3. The zero-order valence-corrected chi connectivity index (χ0v) is 10.3. The first-order chi connectivity index (χ1) is 8.22. The summed E-state index contributed by atoms with van der Waals surface area (Å²) in [7, 11) is 0. The standard InChI is InChI=1S/C15H16N2/c1-11(6-5-9-16)15-10-12(2)13-7-3-4-8-14(13)17-15/h3-4,7-8,10-11H,5-6H2,1-2H3. The molecule has 1 aromatic heterocycles. The van der Waals surface area contributed by atoms with Gasteiger partial charge in [-0.25, -0.2) is 0 Å². The first-order valence-corrected chi connectivity index (χ1v) is 5.95. The summed E-state index contributed by atoms with van der Waals surface area (Å²) < 4.78 is 0. The maximum atomic E-state index is 8.62. The maximum absolute atomic E-state index is 8.62. The number of para-hydroxylation sites is 1. The highest BCUT2D eigenvalue weighted by Gasteiger charge is 2.09. The van der Waals surface area contributed by atoms with Crippen molar-refractivity contribution < 1.29 is 0 Å². The van der Waals surface area contributed by atoms with Crippen LogP contribution >= 0.6 is 0 Å². The van der Waals surface area contributed by atoms with Crippen molar-refractivity contribution in [3.63, 3.8) is 0 Å². The van der Waals surface area contributed by atoms with E-state index < -0.39 is 0 Å². The molecule has 2 rings (SSSR count). The minimum Gasteiger partial charge on any atom is -0.253 e. The van der Waals surface area contributed by atoms with Gasteiger partial charge >= 0.3 is 0 Å². The molecular weight excluding hydrogens is 208 g/mol. The molecule has 2 heteroatoms. The fourth-order valence-corrected chi connectivity index (χ4v) is 2.06. The molecular formula is C15H16N2. The molecule has 0 amide bonds. The molecule has 0 aliphatic rings. The first kappa shape index (κ1) is 11.6. The monoisotopic (exact) mass is 224 g/mol. The molecule has 1 unspecified atom stereocenters. The third-order valence-corrected chi connectivity index (χ3v) is 3.14. The molecule has 86 valence electrons. The molecule has 0 saturated heterocycles. The van der Waals surface area contributed by atoms with Crippen LogP contribution in [0, 0.1) is 18.3 Å². The third kappa shape index (κ3) is 2.45. The highest BCUT2D eigenvalue weighted by molar-refractivity contribution is 5.82. The van der Waals surface area contributed by atoms with Gasteiger partial charge in [0.2, 0.25) is 0 Å². The number of pyridine rings is 1. The van der Waals surface area contributed by atoms with Crippen LogP contribution in [0.5, 0.6) is 0 Å². The Balaban J connectivity index is 2.40. The Labute approximate surface area is 102 Å². The third-order valence-electron chi connectivity index (χ3n) is 3.14. The van der Waals surface area contributed by atoms with Crippen molar-refractivity contribution in [2.24, 2.45) is 0 Å². The van der Waals surface area contributed by atoms with Gasteiger partial charge in [-0.3, -0.25) is 4.98 Å². The molecule has 1 heterocycles. The topological polar surface area (TPSA) is 36.7 Å². The smallest absolute Gasteiger partial charge is 0.0708 e. The van der Waals surface area contributed by atoms with Crippen molar-refractivity contribution >= 4 is 10.9 Å². The Kier molecular flexibility index (Phi) is 3.39. The minimum atomic E-state index is 0.345. The van der Waals surface area contributed by atoms with Crippen molar-refractivity contribution in [3.8, 4) is 6.07 Å². The number of hydrogen-bond acceptors (Lipinski definition) is 2. The van der Waals surface area contributed by atoms with E-state index >= 15 is 0 Å². The molecule has 0 fully saturated rings. The lowest BCUT2D eigenvalue weighted by Gasteiger charge is -2.11. The van der Waals surface area contributed by atoms with E-state index in [1.807, 2.05) is 18.2 Å². The maximum Gasteiger partial charge on any atom is 0.0708 e. The van der Waals surface area contributed by atoms with Crippen molar-refractivity contribution in [2.75, 3.05) is 0 Å². The highest BCUT2D eigenvalue weighted by Crippen LogP contribution is 2.24. The molecule has 0 aliphatic carbocycles. The van der Waals surface area contributed by atoms with E-state index in [0.717, 1.165) is 17.6 Å². The Bertz CT molecular complexity index is 567. The first-order valence-electron chi connectivity index (χ1n) is 5.95. The predicted octanol–water partition coefficient (Wildman–Crippen LogP) is 3.95. The number of nitrogens with zero attached hydrogens (tertiary/aromatic N) is 2. The van der Waals surface area contributed by atoms with Crippen LogP contribution < -0.4 is 0 Å². The van der Waals surface area contributed by atoms with Crippen molar-refractivity contribution in [1.29, 1.82) is 5.26 Å². The summed E-state index contributed by atoms with van der Waals surface area (Å²) in [5.74, 6) is 0.345. The number of hydrogen-bond donors (Lipinski definition) is 0. The van der Waals surface area contributed by atoms with Crippen molar-refractivity contribution in [1.82, 2.24) is 4.98 Å². The van der Waals surface area contributed by atoms with Gasteiger partial charge in [0.05, 0.1) is 11.6 Å². The quantitative estimate of drug-likeness (QED) is 0.791. The number of rotatable bonds is 3. The normalized spacial score (nSPS) is 12.3. The van der Waals surface area contributed by atoms with Crippen LogP contribution in [-0.2, 0) is 0 Å². The van der Waals surface area contributed by atoms with Gasteiger partial charge in [-0.15, -0.1) is 0 Å². The van der Waals surface area contributed by atoms with Crippen LogP contribution in [0.4, 0.5) is 0 Å². The minimum absolute atomic E-state index is 0.345. The lowest BCUT2D eigenvalue weighted by molar-refractivity contribution is 0.677.